The van der Waals surface area contributed by atoms with E-state index in [4.69, 9.17) is 9.47 Å². The molecule has 3 aromatic carbocycles. The SMILES string of the molecule is O=C(O)C=CC(SCCCN1CCOCC1)c1ccc2ncnc(Nc3ccc(Oc4ccccc4)cc3)c2c1. The molecule has 1 fully saturated rings. The van der Waals surface area contributed by atoms with Gasteiger partial charge in [0.2, 0.25) is 0 Å². The number of aromatic nitrogens is 2. The fraction of sp³-hybridized carbons (Fsp3) is 0.258. The Hall–Kier alpha value is -3.92. The highest BCUT2D eigenvalue weighted by molar-refractivity contribution is 7.99. The van der Waals surface area contributed by atoms with Gasteiger partial charge in [0.25, 0.3) is 0 Å². The van der Waals surface area contributed by atoms with E-state index in [0.717, 1.165) is 78.7 Å². The first-order chi connectivity index (χ1) is 19.6. The molecule has 2 heterocycles. The largest absolute Gasteiger partial charge is 0.478 e. The molecule has 2 N–H and O–H groups in total. The van der Waals surface area contributed by atoms with Crippen LogP contribution in [0.5, 0.6) is 11.5 Å². The van der Waals surface area contributed by atoms with Crippen LogP contribution in [0.25, 0.3) is 10.9 Å². The van der Waals surface area contributed by atoms with E-state index in [9.17, 15) is 9.90 Å². The molecule has 40 heavy (non-hydrogen) atoms. The molecule has 0 radical (unpaired) electrons. The van der Waals surface area contributed by atoms with Gasteiger partial charge in [-0.1, -0.05) is 30.3 Å². The van der Waals surface area contributed by atoms with Crippen LogP contribution >= 0.6 is 11.8 Å². The summed E-state index contributed by atoms with van der Waals surface area (Å²) >= 11 is 1.74. The number of benzene rings is 3. The van der Waals surface area contributed by atoms with Crippen molar-refractivity contribution in [2.24, 2.45) is 0 Å². The molecule has 8 nitrogen and oxygen atoms in total. The number of ether oxygens (including phenoxy) is 2. The lowest BCUT2D eigenvalue weighted by Crippen LogP contribution is -2.37. The van der Waals surface area contributed by atoms with Gasteiger partial charge in [-0.25, -0.2) is 14.8 Å². The Morgan fingerprint density at radius 3 is 2.60 bits per heavy atom. The third-order valence-corrected chi connectivity index (χ3v) is 7.83. The Morgan fingerprint density at radius 1 is 1.05 bits per heavy atom. The first-order valence-corrected chi connectivity index (χ1v) is 14.4. The number of carboxylic acids is 1. The lowest BCUT2D eigenvalue weighted by molar-refractivity contribution is -0.131. The monoisotopic (exact) mass is 556 g/mol. The van der Waals surface area contributed by atoms with Crippen LogP contribution < -0.4 is 10.1 Å². The summed E-state index contributed by atoms with van der Waals surface area (Å²) in [5.41, 5.74) is 2.68. The number of carbonyl (C=O) groups is 1. The highest BCUT2D eigenvalue weighted by Crippen LogP contribution is 2.34. The van der Waals surface area contributed by atoms with Crippen molar-refractivity contribution in [3.63, 3.8) is 0 Å². The smallest absolute Gasteiger partial charge is 0.328 e. The third kappa shape index (κ3) is 7.81. The molecule has 0 amide bonds. The molecule has 1 unspecified atom stereocenters. The first kappa shape index (κ1) is 27.6. The van der Waals surface area contributed by atoms with Crippen molar-refractivity contribution in [2.75, 3.05) is 43.9 Å². The number of thioether (sulfide) groups is 1. The van der Waals surface area contributed by atoms with E-state index in [-0.39, 0.29) is 5.25 Å². The predicted molar refractivity (Wildman–Crippen MR) is 160 cm³/mol. The van der Waals surface area contributed by atoms with Crippen LogP contribution in [0.1, 0.15) is 17.2 Å². The number of carboxylic acid groups (broad SMARTS) is 1. The maximum Gasteiger partial charge on any atom is 0.328 e. The summed E-state index contributed by atoms with van der Waals surface area (Å²) in [5, 5.41) is 13.4. The second-order valence-electron chi connectivity index (χ2n) is 9.36. The van der Waals surface area contributed by atoms with E-state index >= 15 is 0 Å². The number of nitrogens with zero attached hydrogens (tertiary/aromatic N) is 3. The zero-order valence-corrected chi connectivity index (χ0v) is 22.9. The normalized spacial score (nSPS) is 14.8. The van der Waals surface area contributed by atoms with Crippen LogP contribution in [0.4, 0.5) is 11.5 Å². The summed E-state index contributed by atoms with van der Waals surface area (Å²) in [5.74, 6) is 2.16. The Labute approximate surface area is 238 Å². The van der Waals surface area contributed by atoms with Gasteiger partial charge in [0.05, 0.1) is 18.7 Å². The van der Waals surface area contributed by atoms with Gasteiger partial charge >= 0.3 is 5.97 Å². The molecule has 206 valence electrons. The molecule has 1 saturated heterocycles. The van der Waals surface area contributed by atoms with Gasteiger partial charge in [0.15, 0.2) is 0 Å². The number of fused-ring (bicyclic) bond motifs is 1. The molecule has 4 aromatic rings. The van der Waals surface area contributed by atoms with Crippen molar-refractivity contribution in [2.45, 2.75) is 11.7 Å². The molecule has 0 saturated carbocycles. The van der Waals surface area contributed by atoms with Crippen molar-refractivity contribution in [3.8, 4) is 11.5 Å². The second-order valence-corrected chi connectivity index (χ2v) is 10.6. The minimum absolute atomic E-state index is 0.104. The number of nitrogens with one attached hydrogen (secondary N) is 1. The second kappa shape index (κ2) is 13.9. The lowest BCUT2D eigenvalue weighted by Gasteiger charge is -2.26. The minimum Gasteiger partial charge on any atom is -0.478 e. The summed E-state index contributed by atoms with van der Waals surface area (Å²) < 4.78 is 11.3. The molecule has 9 heteroatoms. The number of anilines is 2. The Bertz CT molecular complexity index is 1430. The van der Waals surface area contributed by atoms with Crippen molar-refractivity contribution < 1.29 is 19.4 Å². The quantitative estimate of drug-likeness (QED) is 0.154. The van der Waals surface area contributed by atoms with Gasteiger partial charge in [-0.15, -0.1) is 11.8 Å². The molecule has 1 atom stereocenters. The Balaban J connectivity index is 1.30. The van der Waals surface area contributed by atoms with Crippen molar-refractivity contribution in [1.29, 1.82) is 0 Å². The maximum absolute atomic E-state index is 11.3. The summed E-state index contributed by atoms with van der Waals surface area (Å²) in [6, 6.07) is 23.4. The van der Waals surface area contributed by atoms with Gasteiger partial charge in [0.1, 0.15) is 23.6 Å². The number of morpholine rings is 1. The van der Waals surface area contributed by atoms with E-state index in [1.165, 1.54) is 6.08 Å². The van der Waals surface area contributed by atoms with Crippen LogP contribution in [0.15, 0.2) is 91.3 Å². The summed E-state index contributed by atoms with van der Waals surface area (Å²) in [7, 11) is 0. The van der Waals surface area contributed by atoms with E-state index in [1.807, 2.05) is 66.7 Å². The average molecular weight is 557 g/mol. The molecule has 1 aliphatic rings. The predicted octanol–water partition coefficient (Wildman–Crippen LogP) is 6.30. The maximum atomic E-state index is 11.3. The number of para-hydroxylation sites is 1. The molecular formula is C31H32N4O4S. The van der Waals surface area contributed by atoms with Crippen molar-refractivity contribution in [1.82, 2.24) is 14.9 Å². The summed E-state index contributed by atoms with van der Waals surface area (Å²) in [6.07, 6.45) is 5.55. The molecule has 1 aromatic heterocycles. The number of rotatable bonds is 12. The zero-order valence-electron chi connectivity index (χ0n) is 22.1. The number of hydrogen-bond acceptors (Lipinski definition) is 8. The fourth-order valence-electron chi connectivity index (χ4n) is 4.47. The van der Waals surface area contributed by atoms with Crippen molar-refractivity contribution >= 4 is 40.1 Å². The fourth-order valence-corrected chi connectivity index (χ4v) is 5.55. The van der Waals surface area contributed by atoms with E-state index in [0.29, 0.717) is 5.82 Å². The highest BCUT2D eigenvalue weighted by Gasteiger charge is 2.14. The summed E-state index contributed by atoms with van der Waals surface area (Å²) in [4.78, 5) is 22.7. The van der Waals surface area contributed by atoms with Crippen LogP contribution in [0.2, 0.25) is 0 Å². The highest BCUT2D eigenvalue weighted by atomic mass is 32.2. The van der Waals surface area contributed by atoms with Gasteiger partial charge in [-0.3, -0.25) is 4.90 Å². The van der Waals surface area contributed by atoms with Gasteiger partial charge in [-0.05, 0) is 72.8 Å². The molecule has 5 rings (SSSR count). The third-order valence-electron chi connectivity index (χ3n) is 6.52. The summed E-state index contributed by atoms with van der Waals surface area (Å²) in [6.45, 7) is 4.53. The van der Waals surface area contributed by atoms with Gasteiger partial charge in [-0.2, -0.15) is 0 Å². The zero-order chi connectivity index (χ0) is 27.6. The molecular weight excluding hydrogens is 524 g/mol. The van der Waals surface area contributed by atoms with E-state index in [2.05, 4.69) is 26.3 Å². The van der Waals surface area contributed by atoms with Crippen LogP contribution in [-0.4, -0.2) is 64.5 Å². The standard InChI is InChI=1S/C31H32N4O4S/c36-30(37)14-13-29(40-20-4-15-35-16-18-38-19-17-35)23-7-12-28-27(21-23)31(33-22-32-28)34-24-8-10-26(11-9-24)39-25-5-2-1-3-6-25/h1-3,5-14,21-22,29H,4,15-20H2,(H,36,37)(H,32,33,34). The minimum atomic E-state index is -0.954. The van der Waals surface area contributed by atoms with Crippen LogP contribution in [0.3, 0.4) is 0 Å². The molecule has 0 aliphatic carbocycles. The van der Waals surface area contributed by atoms with E-state index < -0.39 is 5.97 Å². The molecule has 0 bridgehead atoms. The Kier molecular flexibility index (Phi) is 9.63. The number of aliphatic carboxylic acids is 1. The topological polar surface area (TPSA) is 96.8 Å². The first-order valence-electron chi connectivity index (χ1n) is 13.3. The molecule has 0 spiro atoms. The average Bonchev–Trinajstić information content (AvgIpc) is 2.99. The number of hydrogen-bond donors (Lipinski definition) is 2. The van der Waals surface area contributed by atoms with Crippen molar-refractivity contribution in [3.05, 3.63) is 96.8 Å². The molecule has 1 aliphatic heterocycles. The van der Waals surface area contributed by atoms with Gasteiger partial charge in [0, 0.05) is 35.5 Å². The Morgan fingerprint density at radius 2 is 1.82 bits per heavy atom. The lowest BCUT2D eigenvalue weighted by atomic mass is 10.1. The van der Waals surface area contributed by atoms with Gasteiger partial charge < -0.3 is 19.9 Å². The van der Waals surface area contributed by atoms with Crippen LogP contribution in [-0.2, 0) is 9.53 Å². The van der Waals surface area contributed by atoms with E-state index in [1.54, 1.807) is 24.2 Å². The van der Waals surface area contributed by atoms with Crippen LogP contribution in [0, 0.1) is 0 Å².